The van der Waals surface area contributed by atoms with E-state index in [1.807, 2.05) is 17.9 Å². The Morgan fingerprint density at radius 1 is 1.15 bits per heavy atom. The average molecular weight is 360 g/mol. The second-order valence-corrected chi connectivity index (χ2v) is 6.47. The Morgan fingerprint density at radius 2 is 1.88 bits per heavy atom. The maximum Gasteiger partial charge on any atom is 0.238 e. The number of benzene rings is 1. The number of amides is 1. The number of aryl methyl sites for hydroxylation is 1. The van der Waals surface area contributed by atoms with Crippen LogP contribution >= 0.6 is 0 Å². The van der Waals surface area contributed by atoms with Crippen molar-refractivity contribution in [1.29, 1.82) is 0 Å². The molecule has 0 bridgehead atoms. The van der Waals surface area contributed by atoms with Crippen LogP contribution in [-0.4, -0.2) is 53.4 Å². The molecule has 1 aliphatic heterocycles. The monoisotopic (exact) mass is 360 g/mol. The van der Waals surface area contributed by atoms with E-state index >= 15 is 0 Å². The zero-order valence-corrected chi connectivity index (χ0v) is 14.7. The van der Waals surface area contributed by atoms with E-state index in [0.29, 0.717) is 0 Å². The molecule has 1 fully saturated rings. The van der Waals surface area contributed by atoms with E-state index in [0.717, 1.165) is 50.6 Å². The van der Waals surface area contributed by atoms with Crippen molar-refractivity contribution in [3.8, 4) is 0 Å². The number of halogens is 2. The van der Waals surface area contributed by atoms with Crippen molar-refractivity contribution in [2.24, 2.45) is 0 Å². The van der Waals surface area contributed by atoms with Crippen LogP contribution in [0.25, 0.3) is 0 Å². The molecule has 1 aromatic heterocycles. The Kier molecular flexibility index (Phi) is 5.90. The van der Waals surface area contributed by atoms with Gasteiger partial charge in [0.1, 0.15) is 11.6 Å². The van der Waals surface area contributed by atoms with Gasteiger partial charge in [-0.2, -0.15) is 0 Å². The first-order valence-corrected chi connectivity index (χ1v) is 8.61. The van der Waals surface area contributed by atoms with Crippen LogP contribution in [0.2, 0.25) is 0 Å². The third-order valence-electron chi connectivity index (χ3n) is 4.55. The van der Waals surface area contributed by atoms with Gasteiger partial charge in [0.25, 0.3) is 0 Å². The van der Waals surface area contributed by atoms with Crippen LogP contribution < -0.4 is 5.32 Å². The van der Waals surface area contributed by atoms with Gasteiger partial charge in [0.2, 0.25) is 5.91 Å². The van der Waals surface area contributed by atoms with Crippen molar-refractivity contribution in [3.05, 3.63) is 59.4 Å². The first-order valence-electron chi connectivity index (χ1n) is 8.61. The first-order chi connectivity index (χ1) is 12.5. The molecule has 26 heavy (non-hydrogen) atoms. The van der Waals surface area contributed by atoms with E-state index in [1.54, 1.807) is 6.20 Å². The van der Waals surface area contributed by atoms with Gasteiger partial charge in [0, 0.05) is 50.7 Å². The smallest absolute Gasteiger partial charge is 0.238 e. The number of rotatable bonds is 5. The van der Waals surface area contributed by atoms with Crippen LogP contribution in [-0.2, 0) is 11.3 Å². The van der Waals surface area contributed by atoms with Crippen molar-refractivity contribution in [3.63, 3.8) is 0 Å². The molecule has 0 saturated carbocycles. The molecule has 0 spiro atoms. The predicted octanol–water partition coefficient (Wildman–Crippen LogP) is 2.42. The number of aromatic nitrogens is 1. The largest absolute Gasteiger partial charge is 0.322 e. The SMILES string of the molecule is Cc1ncccc1CN1CCN(CC(=O)Nc2ccc(F)cc2F)CC1. The third kappa shape index (κ3) is 4.83. The normalized spacial score (nSPS) is 15.8. The fraction of sp³-hybridized carbons (Fsp3) is 0.368. The minimum atomic E-state index is -0.769. The fourth-order valence-electron chi connectivity index (χ4n) is 3.01. The van der Waals surface area contributed by atoms with Crippen LogP contribution in [0.5, 0.6) is 0 Å². The zero-order valence-electron chi connectivity index (χ0n) is 14.7. The van der Waals surface area contributed by atoms with E-state index in [-0.39, 0.29) is 18.1 Å². The van der Waals surface area contributed by atoms with E-state index in [9.17, 15) is 13.6 Å². The van der Waals surface area contributed by atoms with E-state index in [2.05, 4.69) is 21.3 Å². The van der Waals surface area contributed by atoms with E-state index in [1.165, 1.54) is 11.6 Å². The van der Waals surface area contributed by atoms with E-state index < -0.39 is 11.6 Å². The van der Waals surface area contributed by atoms with Gasteiger partial charge in [0.15, 0.2) is 0 Å². The maximum atomic E-state index is 13.6. The lowest BCUT2D eigenvalue weighted by atomic mass is 10.2. The summed E-state index contributed by atoms with van der Waals surface area (Å²) >= 11 is 0. The Bertz CT molecular complexity index is 776. The topological polar surface area (TPSA) is 48.5 Å². The highest BCUT2D eigenvalue weighted by Crippen LogP contribution is 2.15. The number of anilines is 1. The molecule has 0 unspecified atom stereocenters. The molecule has 3 rings (SSSR count). The van der Waals surface area contributed by atoms with Crippen LogP contribution in [0, 0.1) is 18.6 Å². The summed E-state index contributed by atoms with van der Waals surface area (Å²) in [6.07, 6.45) is 1.79. The second kappa shape index (κ2) is 8.33. The lowest BCUT2D eigenvalue weighted by Gasteiger charge is -2.34. The number of nitrogens with zero attached hydrogens (tertiary/aromatic N) is 3. The van der Waals surface area contributed by atoms with Crippen molar-refractivity contribution >= 4 is 11.6 Å². The Hall–Kier alpha value is -2.38. The lowest BCUT2D eigenvalue weighted by Crippen LogP contribution is -2.48. The van der Waals surface area contributed by atoms with Gasteiger partial charge in [-0.3, -0.25) is 19.6 Å². The summed E-state index contributed by atoms with van der Waals surface area (Å²) in [6.45, 7) is 6.28. The number of hydrogen-bond acceptors (Lipinski definition) is 4. The van der Waals surface area contributed by atoms with Crippen LogP contribution in [0.3, 0.4) is 0 Å². The molecular formula is C19H22F2N4O. The molecule has 0 radical (unpaired) electrons. The van der Waals surface area contributed by atoms with Gasteiger partial charge in [-0.15, -0.1) is 0 Å². The standard InChI is InChI=1S/C19H22F2N4O/c1-14-15(3-2-6-22-14)12-24-7-9-25(10-8-24)13-19(26)23-18-5-4-16(20)11-17(18)21/h2-6,11H,7-10,12-13H2,1H3,(H,23,26). The lowest BCUT2D eigenvalue weighted by molar-refractivity contribution is -0.117. The van der Waals surface area contributed by atoms with Crippen LogP contribution in [0.4, 0.5) is 14.5 Å². The first kappa shape index (κ1) is 18.4. The summed E-state index contributed by atoms with van der Waals surface area (Å²) in [7, 11) is 0. The summed E-state index contributed by atoms with van der Waals surface area (Å²) in [5.74, 6) is -1.73. The third-order valence-corrected chi connectivity index (χ3v) is 4.55. The molecule has 138 valence electrons. The number of pyridine rings is 1. The molecule has 1 aromatic carbocycles. The molecule has 1 N–H and O–H groups in total. The van der Waals surface area contributed by atoms with Crippen LogP contribution in [0.15, 0.2) is 36.5 Å². The molecule has 1 aliphatic rings. The van der Waals surface area contributed by atoms with E-state index in [4.69, 9.17) is 0 Å². The molecule has 2 heterocycles. The second-order valence-electron chi connectivity index (χ2n) is 6.47. The van der Waals surface area contributed by atoms with Gasteiger partial charge >= 0.3 is 0 Å². The molecule has 2 aromatic rings. The highest BCUT2D eigenvalue weighted by molar-refractivity contribution is 5.92. The number of hydrogen-bond donors (Lipinski definition) is 1. The predicted molar refractivity (Wildman–Crippen MR) is 95.7 cm³/mol. The van der Waals surface area contributed by atoms with Crippen LogP contribution in [0.1, 0.15) is 11.3 Å². The summed E-state index contributed by atoms with van der Waals surface area (Å²) in [6, 6.07) is 7.14. The van der Waals surface area contributed by atoms with Gasteiger partial charge in [-0.25, -0.2) is 8.78 Å². The van der Waals surface area contributed by atoms with Crippen molar-refractivity contribution in [1.82, 2.24) is 14.8 Å². The summed E-state index contributed by atoms with van der Waals surface area (Å²) in [5.41, 5.74) is 2.25. The summed E-state index contributed by atoms with van der Waals surface area (Å²) in [4.78, 5) is 20.8. The minimum absolute atomic E-state index is 0.00193. The zero-order chi connectivity index (χ0) is 18.5. The number of carbonyl (C=O) groups excluding carboxylic acids is 1. The van der Waals surface area contributed by atoms with Crippen molar-refractivity contribution in [2.45, 2.75) is 13.5 Å². The van der Waals surface area contributed by atoms with Gasteiger partial charge in [-0.05, 0) is 30.7 Å². The number of carbonyl (C=O) groups is 1. The number of piperazine rings is 1. The average Bonchev–Trinajstić information content (AvgIpc) is 2.61. The summed E-state index contributed by atoms with van der Waals surface area (Å²) < 4.78 is 26.5. The minimum Gasteiger partial charge on any atom is -0.322 e. The molecular weight excluding hydrogens is 338 g/mol. The molecule has 1 amide bonds. The quantitative estimate of drug-likeness (QED) is 0.890. The molecule has 0 aliphatic carbocycles. The molecule has 5 nitrogen and oxygen atoms in total. The Labute approximate surface area is 151 Å². The summed E-state index contributed by atoms with van der Waals surface area (Å²) in [5, 5.41) is 2.50. The highest BCUT2D eigenvalue weighted by atomic mass is 19.1. The Morgan fingerprint density at radius 3 is 2.58 bits per heavy atom. The highest BCUT2D eigenvalue weighted by Gasteiger charge is 2.20. The maximum absolute atomic E-state index is 13.6. The number of nitrogens with one attached hydrogen (secondary N) is 1. The Balaban J connectivity index is 1.46. The van der Waals surface area contributed by atoms with Gasteiger partial charge < -0.3 is 5.32 Å². The fourth-order valence-corrected chi connectivity index (χ4v) is 3.01. The van der Waals surface area contributed by atoms with Crippen molar-refractivity contribution < 1.29 is 13.6 Å². The van der Waals surface area contributed by atoms with Crippen molar-refractivity contribution in [2.75, 3.05) is 38.0 Å². The molecule has 0 atom stereocenters. The molecule has 1 saturated heterocycles. The molecule has 7 heteroatoms. The van der Waals surface area contributed by atoms with Gasteiger partial charge in [0.05, 0.1) is 12.2 Å². The van der Waals surface area contributed by atoms with Gasteiger partial charge in [-0.1, -0.05) is 6.07 Å².